The third-order valence-corrected chi connectivity index (χ3v) is 3.06. The minimum atomic E-state index is -4.26. The van der Waals surface area contributed by atoms with Gasteiger partial charge in [0.15, 0.2) is 0 Å². The molecule has 16 heavy (non-hydrogen) atoms. The van der Waals surface area contributed by atoms with E-state index < -0.39 is 12.1 Å². The van der Waals surface area contributed by atoms with E-state index in [1.165, 1.54) is 12.2 Å². The minimum Gasteiger partial charge on any atom is -0.170 e. The van der Waals surface area contributed by atoms with E-state index in [1.54, 1.807) is 13.0 Å². The largest absolute Gasteiger partial charge is 0.399 e. The number of allylic oxidation sites excluding steroid dienone is 6. The Hall–Kier alpha value is -0.700. The molecule has 0 aromatic rings. The Morgan fingerprint density at radius 3 is 2.56 bits per heavy atom. The van der Waals surface area contributed by atoms with Crippen molar-refractivity contribution in [1.29, 1.82) is 0 Å². The van der Waals surface area contributed by atoms with Gasteiger partial charge in [0.2, 0.25) is 0 Å². The monoisotopic (exact) mass is 250 g/mol. The van der Waals surface area contributed by atoms with Crippen LogP contribution in [-0.4, -0.2) is 6.18 Å². The van der Waals surface area contributed by atoms with Crippen LogP contribution in [0.2, 0.25) is 0 Å². The first-order chi connectivity index (χ1) is 7.36. The SMILES string of the molecule is C/C=C/C(C1=CCC(C)C(Cl)=C1)C(F)(F)F. The average Bonchev–Trinajstić information content (AvgIpc) is 2.17. The molecule has 2 atom stereocenters. The molecule has 0 heterocycles. The highest BCUT2D eigenvalue weighted by atomic mass is 35.5. The normalized spacial score (nSPS) is 24.2. The van der Waals surface area contributed by atoms with E-state index >= 15 is 0 Å². The number of hydrogen-bond donors (Lipinski definition) is 0. The third-order valence-electron chi connectivity index (χ3n) is 2.58. The molecule has 0 spiro atoms. The van der Waals surface area contributed by atoms with Gasteiger partial charge in [-0.05, 0) is 30.9 Å². The summed E-state index contributed by atoms with van der Waals surface area (Å²) in [5.41, 5.74) is 0.244. The van der Waals surface area contributed by atoms with Crippen LogP contribution >= 0.6 is 11.6 Å². The highest BCUT2D eigenvalue weighted by Gasteiger charge is 2.40. The third kappa shape index (κ3) is 3.14. The van der Waals surface area contributed by atoms with Crippen molar-refractivity contribution in [2.45, 2.75) is 26.4 Å². The van der Waals surface area contributed by atoms with E-state index in [9.17, 15) is 13.2 Å². The van der Waals surface area contributed by atoms with Gasteiger partial charge in [0.25, 0.3) is 0 Å². The zero-order valence-corrected chi connectivity index (χ0v) is 9.94. The van der Waals surface area contributed by atoms with Crippen LogP contribution in [0.15, 0.2) is 34.9 Å². The molecule has 0 N–H and O–H groups in total. The van der Waals surface area contributed by atoms with Crippen molar-refractivity contribution in [3.8, 4) is 0 Å². The summed E-state index contributed by atoms with van der Waals surface area (Å²) in [6.07, 6.45) is 1.94. The Balaban J connectivity index is 2.99. The molecule has 0 aromatic carbocycles. The Labute approximate surface area is 98.5 Å². The van der Waals surface area contributed by atoms with Crippen molar-refractivity contribution in [2.75, 3.05) is 0 Å². The Morgan fingerprint density at radius 1 is 1.50 bits per heavy atom. The molecule has 0 aliphatic heterocycles. The second-order valence-electron chi connectivity index (χ2n) is 3.92. The second-order valence-corrected chi connectivity index (χ2v) is 4.35. The van der Waals surface area contributed by atoms with E-state index in [2.05, 4.69) is 0 Å². The molecule has 0 saturated heterocycles. The van der Waals surface area contributed by atoms with Crippen LogP contribution in [0.25, 0.3) is 0 Å². The van der Waals surface area contributed by atoms with Crippen molar-refractivity contribution >= 4 is 11.6 Å². The van der Waals surface area contributed by atoms with Crippen LogP contribution in [0.1, 0.15) is 20.3 Å². The van der Waals surface area contributed by atoms with Gasteiger partial charge in [-0.2, -0.15) is 13.2 Å². The lowest BCUT2D eigenvalue weighted by Gasteiger charge is -2.23. The van der Waals surface area contributed by atoms with Crippen LogP contribution < -0.4 is 0 Å². The van der Waals surface area contributed by atoms with Crippen molar-refractivity contribution in [3.63, 3.8) is 0 Å². The van der Waals surface area contributed by atoms with E-state index in [1.807, 2.05) is 6.92 Å². The molecule has 0 bridgehead atoms. The van der Waals surface area contributed by atoms with Crippen LogP contribution in [0.4, 0.5) is 13.2 Å². The van der Waals surface area contributed by atoms with Crippen LogP contribution in [0.5, 0.6) is 0 Å². The van der Waals surface area contributed by atoms with Gasteiger partial charge in [-0.15, -0.1) is 0 Å². The molecule has 0 aromatic heterocycles. The van der Waals surface area contributed by atoms with Gasteiger partial charge in [0, 0.05) is 5.03 Å². The molecule has 0 amide bonds. The lowest BCUT2D eigenvalue weighted by molar-refractivity contribution is -0.150. The maximum atomic E-state index is 12.8. The molecule has 4 heteroatoms. The van der Waals surface area contributed by atoms with Crippen molar-refractivity contribution in [2.24, 2.45) is 11.8 Å². The number of rotatable bonds is 2. The van der Waals surface area contributed by atoms with Crippen molar-refractivity contribution in [3.05, 3.63) is 34.9 Å². The van der Waals surface area contributed by atoms with Crippen LogP contribution in [0.3, 0.4) is 0 Å². The fourth-order valence-electron chi connectivity index (χ4n) is 1.60. The average molecular weight is 251 g/mol. The maximum Gasteiger partial charge on any atom is 0.399 e. The minimum absolute atomic E-state index is 0.116. The van der Waals surface area contributed by atoms with Gasteiger partial charge in [0.1, 0.15) is 0 Å². The van der Waals surface area contributed by atoms with E-state index in [0.717, 1.165) is 6.08 Å². The first-order valence-electron chi connectivity index (χ1n) is 5.13. The topological polar surface area (TPSA) is 0 Å². The standard InChI is InChI=1S/C12H14ClF3/c1-3-4-10(12(14,15)16)9-6-5-8(2)11(13)7-9/h3-4,6-8,10H,5H2,1-2H3/b4-3+. The number of hydrogen-bond acceptors (Lipinski definition) is 0. The fourth-order valence-corrected chi connectivity index (χ4v) is 1.82. The maximum absolute atomic E-state index is 12.8. The number of halogens is 4. The molecule has 0 radical (unpaired) electrons. The molecule has 1 aliphatic rings. The summed E-state index contributed by atoms with van der Waals surface area (Å²) in [4.78, 5) is 0. The van der Waals surface area contributed by atoms with Crippen LogP contribution in [-0.2, 0) is 0 Å². The zero-order chi connectivity index (χ0) is 12.3. The molecule has 0 saturated carbocycles. The molecule has 1 aliphatic carbocycles. The predicted octanol–water partition coefficient (Wildman–Crippen LogP) is 4.83. The quantitative estimate of drug-likeness (QED) is 0.616. The summed E-state index contributed by atoms with van der Waals surface area (Å²) in [6, 6.07) is 0. The van der Waals surface area contributed by atoms with Gasteiger partial charge in [-0.25, -0.2) is 0 Å². The summed E-state index contributed by atoms with van der Waals surface area (Å²) < 4.78 is 38.3. The summed E-state index contributed by atoms with van der Waals surface area (Å²) in [6.45, 7) is 3.47. The van der Waals surface area contributed by atoms with Crippen molar-refractivity contribution in [1.82, 2.24) is 0 Å². The summed E-state index contributed by atoms with van der Waals surface area (Å²) in [5, 5.41) is 0.497. The predicted molar refractivity (Wildman–Crippen MR) is 60.2 cm³/mol. The van der Waals surface area contributed by atoms with E-state index in [0.29, 0.717) is 11.5 Å². The summed E-state index contributed by atoms with van der Waals surface area (Å²) >= 11 is 5.88. The smallest absolute Gasteiger partial charge is 0.170 e. The van der Waals surface area contributed by atoms with Crippen LogP contribution in [0, 0.1) is 11.8 Å². The highest BCUT2D eigenvalue weighted by Crippen LogP contribution is 2.38. The molecule has 1 rings (SSSR count). The molecule has 90 valence electrons. The van der Waals surface area contributed by atoms with Gasteiger partial charge in [-0.1, -0.05) is 36.8 Å². The Kier molecular flexibility index (Phi) is 4.25. The lowest BCUT2D eigenvalue weighted by atomic mass is 9.89. The van der Waals surface area contributed by atoms with Gasteiger partial charge < -0.3 is 0 Å². The lowest BCUT2D eigenvalue weighted by Crippen LogP contribution is -2.23. The Bertz CT molecular complexity index is 337. The fraction of sp³-hybridized carbons (Fsp3) is 0.500. The first kappa shape index (κ1) is 13.4. The molecular weight excluding hydrogens is 237 g/mol. The molecular formula is C12H14ClF3. The first-order valence-corrected chi connectivity index (χ1v) is 5.50. The van der Waals surface area contributed by atoms with Crippen molar-refractivity contribution < 1.29 is 13.2 Å². The summed E-state index contributed by atoms with van der Waals surface area (Å²) in [5.74, 6) is -1.43. The van der Waals surface area contributed by atoms with Gasteiger partial charge >= 0.3 is 6.18 Å². The molecule has 0 fully saturated rings. The molecule has 2 unspecified atom stereocenters. The zero-order valence-electron chi connectivity index (χ0n) is 9.18. The Morgan fingerprint density at radius 2 is 2.12 bits per heavy atom. The van der Waals surface area contributed by atoms with E-state index in [-0.39, 0.29) is 11.5 Å². The van der Waals surface area contributed by atoms with E-state index in [4.69, 9.17) is 11.6 Å². The highest BCUT2D eigenvalue weighted by molar-refractivity contribution is 6.30. The molecule has 0 nitrogen and oxygen atoms in total. The second kappa shape index (κ2) is 5.09. The van der Waals surface area contributed by atoms with Gasteiger partial charge in [0.05, 0.1) is 5.92 Å². The van der Waals surface area contributed by atoms with Gasteiger partial charge in [-0.3, -0.25) is 0 Å². The summed E-state index contributed by atoms with van der Waals surface area (Å²) in [7, 11) is 0. The number of alkyl halides is 3.